The molecule has 1 rings (SSSR count). The molecule has 1 aromatic rings. The van der Waals surface area contributed by atoms with Crippen molar-refractivity contribution in [3.63, 3.8) is 0 Å². The lowest BCUT2D eigenvalue weighted by Crippen LogP contribution is -2.22. The normalized spacial score (nSPS) is 12.6. The lowest BCUT2D eigenvalue weighted by molar-refractivity contribution is 0.182. The smallest absolute Gasteiger partial charge is 0.122 e. The molecule has 3 N–H and O–H groups in total. The maximum absolute atomic E-state index is 9.40. The van der Waals surface area contributed by atoms with Crippen LogP contribution in [0.15, 0.2) is 18.2 Å². The molecule has 0 aliphatic heterocycles. The summed E-state index contributed by atoms with van der Waals surface area (Å²) in [5.41, 5.74) is 6.20. The minimum atomic E-state index is -0.553. The van der Waals surface area contributed by atoms with Crippen molar-refractivity contribution in [2.45, 2.75) is 12.5 Å². The first-order valence-electron chi connectivity index (χ1n) is 4.38. The van der Waals surface area contributed by atoms with Gasteiger partial charge in [0.15, 0.2) is 0 Å². The van der Waals surface area contributed by atoms with Crippen molar-refractivity contribution in [3.8, 4) is 5.75 Å². The highest BCUT2D eigenvalue weighted by molar-refractivity contribution is 6.30. The summed E-state index contributed by atoms with van der Waals surface area (Å²) >= 11 is 5.83. The Morgan fingerprint density at radius 3 is 2.86 bits per heavy atom. The fraction of sp³-hybridized carbons (Fsp3) is 0.400. The molecule has 0 saturated carbocycles. The third-order valence-electron chi connectivity index (χ3n) is 1.97. The summed E-state index contributed by atoms with van der Waals surface area (Å²) in [5.74, 6) is 0.724. The van der Waals surface area contributed by atoms with Crippen LogP contribution in [0.25, 0.3) is 0 Å². The van der Waals surface area contributed by atoms with Gasteiger partial charge >= 0.3 is 0 Å². The van der Waals surface area contributed by atoms with Gasteiger partial charge in [-0.1, -0.05) is 11.6 Å². The Balaban J connectivity index is 2.87. The van der Waals surface area contributed by atoms with Crippen LogP contribution in [0.3, 0.4) is 0 Å². The molecule has 78 valence electrons. The third-order valence-corrected chi connectivity index (χ3v) is 2.21. The Morgan fingerprint density at radius 1 is 1.57 bits per heavy atom. The highest BCUT2D eigenvalue weighted by atomic mass is 35.5. The number of benzene rings is 1. The van der Waals surface area contributed by atoms with Crippen molar-refractivity contribution < 1.29 is 9.84 Å². The average molecular weight is 216 g/mol. The third kappa shape index (κ3) is 2.87. The van der Waals surface area contributed by atoms with E-state index in [1.807, 2.05) is 0 Å². The maximum atomic E-state index is 9.40. The molecule has 1 aromatic carbocycles. The standard InChI is InChI=1S/C10H14ClNO2/c1-14-10-3-2-8(11)4-7(10)5-9(13)6-12/h2-4,9,13H,5-6,12H2,1H3. The van der Waals surface area contributed by atoms with Gasteiger partial charge < -0.3 is 15.6 Å². The number of halogens is 1. The molecule has 3 nitrogen and oxygen atoms in total. The molecular formula is C10H14ClNO2. The van der Waals surface area contributed by atoms with E-state index in [1.165, 1.54) is 0 Å². The second kappa shape index (κ2) is 5.20. The van der Waals surface area contributed by atoms with Gasteiger partial charge in [-0.15, -0.1) is 0 Å². The molecule has 0 aliphatic rings. The number of rotatable bonds is 4. The van der Waals surface area contributed by atoms with E-state index >= 15 is 0 Å². The van der Waals surface area contributed by atoms with Crippen LogP contribution < -0.4 is 10.5 Å². The predicted molar refractivity (Wildman–Crippen MR) is 56.8 cm³/mol. The summed E-state index contributed by atoms with van der Waals surface area (Å²) in [6.45, 7) is 0.232. The maximum Gasteiger partial charge on any atom is 0.122 e. The van der Waals surface area contributed by atoms with Crippen LogP contribution in [0.1, 0.15) is 5.56 Å². The highest BCUT2D eigenvalue weighted by Crippen LogP contribution is 2.23. The van der Waals surface area contributed by atoms with Gasteiger partial charge in [0.1, 0.15) is 5.75 Å². The van der Waals surface area contributed by atoms with Crippen molar-refractivity contribution in [1.82, 2.24) is 0 Å². The van der Waals surface area contributed by atoms with Gasteiger partial charge in [-0.25, -0.2) is 0 Å². The summed E-state index contributed by atoms with van der Waals surface area (Å²) in [6.07, 6.45) is -0.0948. The molecule has 0 radical (unpaired) electrons. The molecule has 1 atom stereocenters. The molecule has 1 unspecified atom stereocenters. The van der Waals surface area contributed by atoms with Crippen LogP contribution in [-0.2, 0) is 6.42 Å². The summed E-state index contributed by atoms with van der Waals surface area (Å²) in [4.78, 5) is 0. The van der Waals surface area contributed by atoms with E-state index in [9.17, 15) is 5.11 Å². The van der Waals surface area contributed by atoms with Crippen molar-refractivity contribution in [2.24, 2.45) is 5.73 Å². The predicted octanol–water partition coefficient (Wildman–Crippen LogP) is 1.21. The van der Waals surface area contributed by atoms with E-state index in [0.29, 0.717) is 11.4 Å². The Kier molecular flexibility index (Phi) is 4.20. The molecule has 14 heavy (non-hydrogen) atoms. The molecule has 0 saturated heterocycles. The van der Waals surface area contributed by atoms with Gasteiger partial charge in [-0.3, -0.25) is 0 Å². The Hall–Kier alpha value is -0.770. The zero-order chi connectivity index (χ0) is 10.6. The van der Waals surface area contributed by atoms with E-state index < -0.39 is 6.10 Å². The lowest BCUT2D eigenvalue weighted by Gasteiger charge is -2.11. The zero-order valence-electron chi connectivity index (χ0n) is 8.03. The Morgan fingerprint density at radius 2 is 2.29 bits per heavy atom. The first-order valence-corrected chi connectivity index (χ1v) is 4.75. The fourth-order valence-electron chi connectivity index (χ4n) is 1.24. The van der Waals surface area contributed by atoms with Crippen molar-refractivity contribution in [3.05, 3.63) is 28.8 Å². The molecule has 0 fully saturated rings. The minimum Gasteiger partial charge on any atom is -0.496 e. The molecule has 0 bridgehead atoms. The molecular weight excluding hydrogens is 202 g/mol. The largest absolute Gasteiger partial charge is 0.496 e. The van der Waals surface area contributed by atoms with Crippen LogP contribution in [0.5, 0.6) is 5.75 Å². The van der Waals surface area contributed by atoms with Gasteiger partial charge in [0.25, 0.3) is 0 Å². The van der Waals surface area contributed by atoms with Gasteiger partial charge in [0, 0.05) is 18.0 Å². The molecule has 0 aromatic heterocycles. The summed E-state index contributed by atoms with van der Waals surface area (Å²) in [5, 5.41) is 10.0. The second-order valence-corrected chi connectivity index (χ2v) is 3.49. The number of aliphatic hydroxyl groups is 1. The highest BCUT2D eigenvalue weighted by Gasteiger charge is 2.08. The lowest BCUT2D eigenvalue weighted by atomic mass is 10.1. The number of hydrogen-bond acceptors (Lipinski definition) is 3. The van der Waals surface area contributed by atoms with Crippen LogP contribution in [0.2, 0.25) is 5.02 Å². The van der Waals surface area contributed by atoms with E-state index in [1.54, 1.807) is 25.3 Å². The fourth-order valence-corrected chi connectivity index (χ4v) is 1.44. The Bertz CT molecular complexity index is 304. The first kappa shape index (κ1) is 11.3. The second-order valence-electron chi connectivity index (χ2n) is 3.05. The molecule has 0 heterocycles. The van der Waals surface area contributed by atoms with E-state index in [4.69, 9.17) is 22.1 Å². The van der Waals surface area contributed by atoms with Crippen molar-refractivity contribution in [2.75, 3.05) is 13.7 Å². The van der Waals surface area contributed by atoms with Gasteiger partial charge in [-0.2, -0.15) is 0 Å². The molecule has 4 heteroatoms. The van der Waals surface area contributed by atoms with Crippen LogP contribution in [0.4, 0.5) is 0 Å². The Labute approximate surface area is 88.4 Å². The summed E-state index contributed by atoms with van der Waals surface area (Å²) < 4.78 is 5.14. The molecule has 0 spiro atoms. The topological polar surface area (TPSA) is 55.5 Å². The number of ether oxygens (including phenoxy) is 1. The van der Waals surface area contributed by atoms with E-state index in [0.717, 1.165) is 11.3 Å². The van der Waals surface area contributed by atoms with Gasteiger partial charge in [0.2, 0.25) is 0 Å². The number of nitrogens with two attached hydrogens (primary N) is 1. The number of hydrogen-bond donors (Lipinski definition) is 2. The van der Waals surface area contributed by atoms with Crippen LogP contribution in [0, 0.1) is 0 Å². The number of methoxy groups -OCH3 is 1. The van der Waals surface area contributed by atoms with Gasteiger partial charge in [0.05, 0.1) is 13.2 Å². The van der Waals surface area contributed by atoms with Crippen molar-refractivity contribution >= 4 is 11.6 Å². The molecule has 0 aliphatic carbocycles. The monoisotopic (exact) mass is 215 g/mol. The van der Waals surface area contributed by atoms with E-state index in [-0.39, 0.29) is 6.54 Å². The molecule has 0 amide bonds. The van der Waals surface area contributed by atoms with Crippen LogP contribution in [-0.4, -0.2) is 24.9 Å². The SMILES string of the molecule is COc1ccc(Cl)cc1CC(O)CN. The van der Waals surface area contributed by atoms with Crippen LogP contribution >= 0.6 is 11.6 Å². The summed E-state index contributed by atoms with van der Waals surface area (Å²) in [7, 11) is 1.58. The van der Waals surface area contributed by atoms with E-state index in [2.05, 4.69) is 0 Å². The summed E-state index contributed by atoms with van der Waals surface area (Å²) in [6, 6.07) is 5.30. The quantitative estimate of drug-likeness (QED) is 0.794. The minimum absolute atomic E-state index is 0.232. The average Bonchev–Trinajstić information content (AvgIpc) is 2.18. The first-order chi connectivity index (χ1) is 6.67. The zero-order valence-corrected chi connectivity index (χ0v) is 8.79. The van der Waals surface area contributed by atoms with Gasteiger partial charge in [-0.05, 0) is 23.8 Å². The van der Waals surface area contributed by atoms with Crippen molar-refractivity contribution in [1.29, 1.82) is 0 Å². The number of aliphatic hydroxyl groups excluding tert-OH is 1.